The summed E-state index contributed by atoms with van der Waals surface area (Å²) in [5.41, 5.74) is 3.20. The summed E-state index contributed by atoms with van der Waals surface area (Å²) in [6.45, 7) is 4.79. The lowest BCUT2D eigenvalue weighted by Gasteiger charge is -2.08. The molecule has 124 valence electrons. The molecule has 0 saturated carbocycles. The number of nitrogens with one attached hydrogen (secondary N) is 1. The molecular weight excluding hydrogens is 366 g/mol. The largest absolute Gasteiger partial charge is 0.352 e. The van der Waals surface area contributed by atoms with Crippen LogP contribution in [0.15, 0.2) is 53.4 Å². The molecule has 0 unspecified atom stereocenters. The second-order valence-corrected chi connectivity index (χ2v) is 7.05. The van der Waals surface area contributed by atoms with Gasteiger partial charge in [0.2, 0.25) is 5.91 Å². The Bertz CT molecular complexity index is 856. The number of rotatable bonds is 5. The van der Waals surface area contributed by atoms with Crippen LogP contribution in [0.1, 0.15) is 31.0 Å². The number of hydrogen-bond donors (Lipinski definition) is 1. The van der Waals surface area contributed by atoms with Gasteiger partial charge in [0, 0.05) is 46.6 Å². The lowest BCUT2D eigenvalue weighted by molar-refractivity contribution is -0.120. The molecular formula is C19H20BrN3O. The van der Waals surface area contributed by atoms with Gasteiger partial charge in [-0.1, -0.05) is 22.0 Å². The van der Waals surface area contributed by atoms with E-state index in [1.807, 2.05) is 18.2 Å². The van der Waals surface area contributed by atoms with Gasteiger partial charge in [-0.25, -0.2) is 0 Å². The van der Waals surface area contributed by atoms with Crippen molar-refractivity contribution in [2.75, 3.05) is 0 Å². The van der Waals surface area contributed by atoms with Crippen molar-refractivity contribution >= 4 is 32.7 Å². The number of carbonyl (C=O) groups is 1. The van der Waals surface area contributed by atoms with E-state index >= 15 is 0 Å². The Morgan fingerprint density at radius 3 is 2.88 bits per heavy atom. The minimum absolute atomic E-state index is 0.0154. The average Bonchev–Trinajstić information content (AvgIpc) is 2.92. The summed E-state index contributed by atoms with van der Waals surface area (Å²) in [6, 6.07) is 10.4. The van der Waals surface area contributed by atoms with Crippen molar-refractivity contribution in [2.24, 2.45) is 0 Å². The Balaban J connectivity index is 1.79. The molecule has 1 N–H and O–H groups in total. The second kappa shape index (κ2) is 7.18. The van der Waals surface area contributed by atoms with E-state index in [2.05, 4.69) is 63.0 Å². The average molecular weight is 386 g/mol. The molecule has 0 aliphatic rings. The van der Waals surface area contributed by atoms with E-state index in [1.54, 1.807) is 12.4 Å². The van der Waals surface area contributed by atoms with Crippen LogP contribution < -0.4 is 5.32 Å². The zero-order valence-corrected chi connectivity index (χ0v) is 15.4. The molecule has 0 aliphatic heterocycles. The molecule has 0 radical (unpaired) electrons. The minimum Gasteiger partial charge on any atom is -0.352 e. The zero-order valence-electron chi connectivity index (χ0n) is 13.8. The highest BCUT2D eigenvalue weighted by molar-refractivity contribution is 9.10. The highest BCUT2D eigenvalue weighted by Crippen LogP contribution is 2.28. The summed E-state index contributed by atoms with van der Waals surface area (Å²) in [5.74, 6) is 0.0154. The molecule has 5 heteroatoms. The van der Waals surface area contributed by atoms with Crippen LogP contribution in [0.25, 0.3) is 10.9 Å². The van der Waals surface area contributed by atoms with Crippen LogP contribution in [0.2, 0.25) is 0 Å². The van der Waals surface area contributed by atoms with Crippen molar-refractivity contribution in [2.45, 2.75) is 32.9 Å². The van der Waals surface area contributed by atoms with E-state index in [0.717, 1.165) is 26.5 Å². The van der Waals surface area contributed by atoms with E-state index in [4.69, 9.17) is 0 Å². The molecule has 1 amide bonds. The summed E-state index contributed by atoms with van der Waals surface area (Å²) in [4.78, 5) is 16.4. The third kappa shape index (κ3) is 3.67. The first kappa shape index (κ1) is 16.7. The molecule has 0 spiro atoms. The number of pyridine rings is 1. The van der Waals surface area contributed by atoms with Gasteiger partial charge < -0.3 is 9.88 Å². The molecule has 1 aromatic carbocycles. The van der Waals surface area contributed by atoms with Gasteiger partial charge in [0.1, 0.15) is 0 Å². The summed E-state index contributed by atoms with van der Waals surface area (Å²) in [6.07, 6.45) is 5.95. The van der Waals surface area contributed by atoms with Gasteiger partial charge in [-0.2, -0.15) is 0 Å². The molecule has 0 saturated heterocycles. The van der Waals surface area contributed by atoms with Crippen LogP contribution in [0, 0.1) is 0 Å². The highest BCUT2D eigenvalue weighted by atomic mass is 79.9. The van der Waals surface area contributed by atoms with Crippen molar-refractivity contribution in [3.05, 3.63) is 64.5 Å². The van der Waals surface area contributed by atoms with Crippen LogP contribution in [0.3, 0.4) is 0 Å². The number of halogens is 1. The van der Waals surface area contributed by atoms with Crippen LogP contribution in [0.5, 0.6) is 0 Å². The molecule has 2 heterocycles. The standard InChI is InChI=1S/C19H20BrN3O/c1-13(2)23-12-15(17-9-16(20)5-6-18(17)23)8-19(24)22-11-14-4-3-7-21-10-14/h3-7,9-10,12-13H,8,11H2,1-2H3,(H,22,24). The smallest absolute Gasteiger partial charge is 0.224 e. The Hall–Kier alpha value is -2.14. The summed E-state index contributed by atoms with van der Waals surface area (Å²) in [7, 11) is 0. The maximum absolute atomic E-state index is 12.3. The second-order valence-electron chi connectivity index (χ2n) is 6.13. The van der Waals surface area contributed by atoms with Gasteiger partial charge >= 0.3 is 0 Å². The first-order valence-electron chi connectivity index (χ1n) is 7.99. The molecule has 4 nitrogen and oxygen atoms in total. The van der Waals surface area contributed by atoms with Gasteiger partial charge in [0.15, 0.2) is 0 Å². The first-order valence-corrected chi connectivity index (χ1v) is 8.78. The quantitative estimate of drug-likeness (QED) is 0.713. The first-order chi connectivity index (χ1) is 11.5. The maximum Gasteiger partial charge on any atom is 0.224 e. The predicted molar refractivity (Wildman–Crippen MR) is 99.8 cm³/mol. The van der Waals surface area contributed by atoms with Gasteiger partial charge in [-0.3, -0.25) is 9.78 Å². The molecule has 2 aromatic heterocycles. The molecule has 3 rings (SSSR count). The van der Waals surface area contributed by atoms with E-state index in [0.29, 0.717) is 19.0 Å². The number of nitrogens with zero attached hydrogens (tertiary/aromatic N) is 2. The Morgan fingerprint density at radius 1 is 1.33 bits per heavy atom. The number of hydrogen-bond acceptors (Lipinski definition) is 2. The van der Waals surface area contributed by atoms with E-state index in [1.165, 1.54) is 0 Å². The van der Waals surface area contributed by atoms with E-state index in [-0.39, 0.29) is 5.91 Å². The minimum atomic E-state index is 0.0154. The van der Waals surface area contributed by atoms with Crippen molar-refractivity contribution < 1.29 is 4.79 Å². The fraction of sp³-hybridized carbons (Fsp3) is 0.263. The Labute approximate surface area is 150 Å². The molecule has 0 atom stereocenters. The van der Waals surface area contributed by atoms with Crippen molar-refractivity contribution in [3.8, 4) is 0 Å². The highest BCUT2D eigenvalue weighted by Gasteiger charge is 2.14. The lowest BCUT2D eigenvalue weighted by Crippen LogP contribution is -2.24. The Morgan fingerprint density at radius 2 is 2.17 bits per heavy atom. The van der Waals surface area contributed by atoms with Crippen LogP contribution in [-0.4, -0.2) is 15.5 Å². The zero-order chi connectivity index (χ0) is 17.1. The number of carbonyl (C=O) groups excluding carboxylic acids is 1. The fourth-order valence-corrected chi connectivity index (χ4v) is 3.17. The van der Waals surface area contributed by atoms with E-state index in [9.17, 15) is 4.79 Å². The maximum atomic E-state index is 12.3. The molecule has 0 fully saturated rings. The van der Waals surface area contributed by atoms with Gasteiger partial charge in [0.25, 0.3) is 0 Å². The third-order valence-corrected chi connectivity index (χ3v) is 4.49. The Kier molecular flexibility index (Phi) is 5.00. The number of fused-ring (bicyclic) bond motifs is 1. The summed E-state index contributed by atoms with van der Waals surface area (Å²) >= 11 is 3.52. The summed E-state index contributed by atoms with van der Waals surface area (Å²) in [5, 5.41) is 4.09. The van der Waals surface area contributed by atoms with Gasteiger partial charge in [-0.05, 0) is 49.2 Å². The molecule has 0 aliphatic carbocycles. The third-order valence-electron chi connectivity index (χ3n) is 4.00. The number of aromatic nitrogens is 2. The normalized spacial score (nSPS) is 11.2. The monoisotopic (exact) mass is 385 g/mol. The molecule has 24 heavy (non-hydrogen) atoms. The van der Waals surface area contributed by atoms with Crippen LogP contribution in [0.4, 0.5) is 0 Å². The number of amides is 1. The lowest BCUT2D eigenvalue weighted by atomic mass is 10.1. The molecule has 0 bridgehead atoms. The van der Waals surface area contributed by atoms with Crippen LogP contribution >= 0.6 is 15.9 Å². The van der Waals surface area contributed by atoms with E-state index < -0.39 is 0 Å². The topological polar surface area (TPSA) is 46.9 Å². The summed E-state index contributed by atoms with van der Waals surface area (Å²) < 4.78 is 3.24. The fourth-order valence-electron chi connectivity index (χ4n) is 2.80. The SMILES string of the molecule is CC(C)n1cc(CC(=O)NCc2cccnc2)c2cc(Br)ccc21. The predicted octanol–water partition coefficient (Wildman–Crippen LogP) is 4.24. The van der Waals surface area contributed by atoms with Crippen molar-refractivity contribution in [3.63, 3.8) is 0 Å². The van der Waals surface area contributed by atoms with Crippen LogP contribution in [-0.2, 0) is 17.8 Å². The van der Waals surface area contributed by atoms with Gasteiger partial charge in [-0.15, -0.1) is 0 Å². The number of benzene rings is 1. The van der Waals surface area contributed by atoms with Crippen molar-refractivity contribution in [1.29, 1.82) is 0 Å². The van der Waals surface area contributed by atoms with Gasteiger partial charge in [0.05, 0.1) is 6.42 Å². The molecule has 3 aromatic rings. The van der Waals surface area contributed by atoms with Crippen molar-refractivity contribution in [1.82, 2.24) is 14.9 Å².